The Morgan fingerprint density at radius 2 is 1.45 bits per heavy atom. The van der Waals surface area contributed by atoms with Crippen molar-refractivity contribution in [2.24, 2.45) is 0 Å². The van der Waals surface area contributed by atoms with Crippen molar-refractivity contribution < 1.29 is 19.2 Å². The molecule has 4 aromatic carbocycles. The van der Waals surface area contributed by atoms with E-state index in [1.807, 2.05) is 54.6 Å². The Hall–Kier alpha value is -4.13. The number of quaternary nitrogens is 1. The maximum absolute atomic E-state index is 10.9. The first-order valence-corrected chi connectivity index (χ1v) is 13.7. The third-order valence-corrected chi connectivity index (χ3v) is 6.98. The molecule has 0 radical (unpaired) electrons. The first-order chi connectivity index (χ1) is 19.3. The zero-order chi connectivity index (χ0) is 28.5. The summed E-state index contributed by atoms with van der Waals surface area (Å²) in [5, 5.41) is 20.8. The minimum Gasteiger partial charge on any atom is -0.508 e. The van der Waals surface area contributed by atoms with Crippen LogP contribution in [-0.4, -0.2) is 47.6 Å². The van der Waals surface area contributed by atoms with E-state index in [0.29, 0.717) is 23.4 Å². The average Bonchev–Trinajstić information content (AvgIpc) is 2.95. The lowest BCUT2D eigenvalue weighted by Crippen LogP contribution is -2.41. The molecule has 7 heteroatoms. The minimum absolute atomic E-state index is 0.0998. The van der Waals surface area contributed by atoms with Crippen molar-refractivity contribution in [1.29, 1.82) is 0 Å². The second-order valence-corrected chi connectivity index (χ2v) is 10.7. The molecule has 0 aliphatic rings. The molecule has 0 unspecified atom stereocenters. The molecule has 40 heavy (non-hydrogen) atoms. The van der Waals surface area contributed by atoms with Crippen LogP contribution in [0.1, 0.15) is 28.7 Å². The Morgan fingerprint density at radius 3 is 2.02 bits per heavy atom. The molecule has 0 amide bonds. The number of alkyl halides is 1. The maximum Gasteiger partial charge on any atom is 0.269 e. The number of nitro groups is 1. The van der Waals surface area contributed by atoms with Crippen molar-refractivity contribution in [3.8, 4) is 11.5 Å². The van der Waals surface area contributed by atoms with Gasteiger partial charge >= 0.3 is 0 Å². The van der Waals surface area contributed by atoms with Gasteiger partial charge in [0.1, 0.15) is 31.2 Å². The van der Waals surface area contributed by atoms with E-state index in [0.717, 1.165) is 52.2 Å². The monoisotopic (exact) mass is 557 g/mol. The van der Waals surface area contributed by atoms with Crippen LogP contribution in [-0.2, 0) is 6.54 Å². The van der Waals surface area contributed by atoms with Crippen molar-refractivity contribution >= 4 is 28.4 Å². The smallest absolute Gasteiger partial charge is 0.269 e. The number of phenols is 1. The highest BCUT2D eigenvalue weighted by molar-refractivity contribution is 6.18. The van der Waals surface area contributed by atoms with Crippen LogP contribution >= 0.6 is 11.6 Å². The van der Waals surface area contributed by atoms with Gasteiger partial charge in [0.25, 0.3) is 5.69 Å². The van der Waals surface area contributed by atoms with Gasteiger partial charge in [0.05, 0.1) is 19.0 Å². The van der Waals surface area contributed by atoms with Gasteiger partial charge in [0.2, 0.25) is 0 Å². The molecule has 6 nitrogen and oxygen atoms in total. The molecule has 4 aromatic rings. The second-order valence-electron chi connectivity index (χ2n) is 10.3. The van der Waals surface area contributed by atoms with Crippen LogP contribution in [0, 0.1) is 10.1 Å². The quantitative estimate of drug-likeness (QED) is 0.0642. The normalized spacial score (nSPS) is 12.1. The molecule has 0 atom stereocenters. The molecule has 0 saturated carbocycles. The number of nitro benzene ring substituents is 1. The molecule has 0 saturated heterocycles. The van der Waals surface area contributed by atoms with Gasteiger partial charge in [0, 0.05) is 23.6 Å². The summed E-state index contributed by atoms with van der Waals surface area (Å²) < 4.78 is 6.79. The Kier molecular flexibility index (Phi) is 9.59. The van der Waals surface area contributed by atoms with Crippen LogP contribution in [0.5, 0.6) is 11.5 Å². The average molecular weight is 558 g/mol. The van der Waals surface area contributed by atoms with Crippen molar-refractivity contribution in [2.45, 2.75) is 13.0 Å². The van der Waals surface area contributed by atoms with E-state index in [-0.39, 0.29) is 16.4 Å². The number of ether oxygens (including phenoxy) is 1. The van der Waals surface area contributed by atoms with E-state index in [4.69, 9.17) is 16.3 Å². The number of allylic oxidation sites excluding steroid dienone is 1. The fourth-order valence-corrected chi connectivity index (χ4v) is 4.90. The lowest BCUT2D eigenvalue weighted by atomic mass is 9.88. The molecule has 0 bridgehead atoms. The summed E-state index contributed by atoms with van der Waals surface area (Å²) in [7, 11) is 4.23. The summed E-state index contributed by atoms with van der Waals surface area (Å²) in [6.07, 6.45) is 0.696. The van der Waals surface area contributed by atoms with Crippen molar-refractivity contribution in [2.75, 3.05) is 33.1 Å². The second kappa shape index (κ2) is 13.3. The minimum atomic E-state index is -0.382. The molecular weight excluding hydrogens is 524 g/mol. The Morgan fingerprint density at radius 1 is 0.850 bits per heavy atom. The number of aromatic hydroxyl groups is 1. The molecule has 0 aromatic heterocycles. The Balaban J connectivity index is 1.50. The van der Waals surface area contributed by atoms with Crippen LogP contribution in [0.3, 0.4) is 0 Å². The van der Waals surface area contributed by atoms with E-state index < -0.39 is 0 Å². The van der Waals surface area contributed by atoms with Gasteiger partial charge in [-0.2, -0.15) is 0 Å². The molecule has 0 heterocycles. The molecular formula is C33H34ClN2O4+. The fraction of sp³-hybridized carbons (Fsp3) is 0.212. The zero-order valence-electron chi connectivity index (χ0n) is 22.8. The predicted molar refractivity (Wildman–Crippen MR) is 162 cm³/mol. The lowest BCUT2D eigenvalue weighted by molar-refractivity contribution is -0.903. The van der Waals surface area contributed by atoms with Gasteiger partial charge < -0.3 is 14.3 Å². The van der Waals surface area contributed by atoms with E-state index >= 15 is 0 Å². The highest BCUT2D eigenvalue weighted by Crippen LogP contribution is 2.36. The molecule has 0 aliphatic carbocycles. The van der Waals surface area contributed by atoms with Crippen LogP contribution in [0.25, 0.3) is 11.1 Å². The topological polar surface area (TPSA) is 72.6 Å². The third-order valence-electron chi connectivity index (χ3n) is 6.79. The molecule has 0 fully saturated rings. The Labute approximate surface area is 240 Å². The molecule has 4 rings (SSSR count). The van der Waals surface area contributed by atoms with Crippen LogP contribution in [0.4, 0.5) is 5.69 Å². The maximum atomic E-state index is 10.9. The largest absolute Gasteiger partial charge is 0.508 e. The number of non-ortho nitro benzene ring substituents is 1. The molecule has 0 spiro atoms. The number of nitrogens with zero attached hydrogens (tertiary/aromatic N) is 2. The summed E-state index contributed by atoms with van der Waals surface area (Å²) >= 11 is 6.26. The van der Waals surface area contributed by atoms with E-state index in [9.17, 15) is 15.2 Å². The number of halogens is 1. The Bertz CT molecular complexity index is 1430. The highest BCUT2D eigenvalue weighted by Gasteiger charge is 2.18. The van der Waals surface area contributed by atoms with Crippen molar-refractivity contribution in [3.05, 3.63) is 135 Å². The summed E-state index contributed by atoms with van der Waals surface area (Å²) in [5.41, 5.74) is 6.50. The van der Waals surface area contributed by atoms with E-state index in [2.05, 4.69) is 38.4 Å². The number of rotatable bonds is 12. The molecule has 206 valence electrons. The fourth-order valence-electron chi connectivity index (χ4n) is 4.72. The standard InChI is InChI=1S/C33H33ClN2O4/c1-36(2,24-25-8-14-29(15-9-25)35(38)39)22-23-40-31-18-12-28(13-19-31)33(27-10-16-30(37)17-11-27)32(20-21-34)26-6-4-3-5-7-26/h3-19H,20-24H2,1-2H3/p+1/b33-32-. The van der Waals surface area contributed by atoms with Gasteiger partial charge in [-0.25, -0.2) is 0 Å². The van der Waals surface area contributed by atoms with E-state index in [1.54, 1.807) is 24.3 Å². The summed E-state index contributed by atoms with van der Waals surface area (Å²) in [6, 6.07) is 32.3. The lowest BCUT2D eigenvalue weighted by Gasteiger charge is -2.29. The summed E-state index contributed by atoms with van der Waals surface area (Å²) in [5.74, 6) is 1.49. The van der Waals surface area contributed by atoms with Crippen LogP contribution in [0.15, 0.2) is 103 Å². The first kappa shape index (κ1) is 28.9. The predicted octanol–water partition coefficient (Wildman–Crippen LogP) is 7.54. The first-order valence-electron chi connectivity index (χ1n) is 13.2. The van der Waals surface area contributed by atoms with Gasteiger partial charge in [-0.1, -0.05) is 54.6 Å². The van der Waals surface area contributed by atoms with Crippen molar-refractivity contribution in [1.82, 2.24) is 0 Å². The number of likely N-dealkylation sites (N-methyl/N-ethyl adjacent to an activating group) is 1. The third kappa shape index (κ3) is 7.72. The van der Waals surface area contributed by atoms with Crippen LogP contribution in [0.2, 0.25) is 0 Å². The van der Waals surface area contributed by atoms with Crippen molar-refractivity contribution in [3.63, 3.8) is 0 Å². The summed E-state index contributed by atoms with van der Waals surface area (Å²) in [6.45, 7) is 2.04. The molecule has 0 aliphatic heterocycles. The van der Waals surface area contributed by atoms with Gasteiger partial charge in [0.15, 0.2) is 0 Å². The van der Waals surface area contributed by atoms with E-state index in [1.165, 1.54) is 0 Å². The SMILES string of the molecule is C[N+](C)(CCOc1ccc(/C(=C(/CCCl)c2ccccc2)c2ccc(O)cc2)cc1)Cc1ccc([N+](=O)[O-])cc1. The van der Waals surface area contributed by atoms with Gasteiger partial charge in [-0.15, -0.1) is 11.6 Å². The highest BCUT2D eigenvalue weighted by atomic mass is 35.5. The number of hydrogen-bond donors (Lipinski definition) is 1. The van der Waals surface area contributed by atoms with Crippen LogP contribution < -0.4 is 4.74 Å². The molecule has 1 N–H and O–H groups in total. The zero-order valence-corrected chi connectivity index (χ0v) is 23.6. The van der Waals surface area contributed by atoms with Gasteiger partial charge in [-0.05, 0) is 70.7 Å². The number of phenolic OH excluding ortho intramolecular Hbond substituents is 1. The number of benzene rings is 4. The van der Waals surface area contributed by atoms with Gasteiger partial charge in [-0.3, -0.25) is 10.1 Å². The summed E-state index contributed by atoms with van der Waals surface area (Å²) in [4.78, 5) is 10.5. The number of hydrogen-bond acceptors (Lipinski definition) is 4.